The predicted octanol–water partition coefficient (Wildman–Crippen LogP) is 6.55. The highest BCUT2D eigenvalue weighted by Crippen LogP contribution is 2.26. The maximum absolute atomic E-state index is 13.9. The molecule has 2 aromatic carbocycles. The molecule has 0 saturated heterocycles. The first-order valence-corrected chi connectivity index (χ1v) is 9.78. The van der Waals surface area contributed by atoms with Crippen molar-refractivity contribution in [1.82, 2.24) is 5.32 Å². The number of carbonyl (C=O) groups excluding carboxylic acids is 1. The van der Waals surface area contributed by atoms with E-state index in [-0.39, 0.29) is 11.6 Å². The summed E-state index contributed by atoms with van der Waals surface area (Å²) >= 11 is 0. The van der Waals surface area contributed by atoms with Gasteiger partial charge in [0.2, 0.25) is 0 Å². The van der Waals surface area contributed by atoms with E-state index < -0.39 is 0 Å². The average molecular weight is 380 g/mol. The van der Waals surface area contributed by atoms with Gasteiger partial charge in [0.05, 0.1) is 0 Å². The number of carbonyl (C=O) groups is 1. The molecule has 28 heavy (non-hydrogen) atoms. The van der Waals surface area contributed by atoms with Crippen molar-refractivity contribution in [3.8, 4) is 0 Å². The Morgan fingerprint density at radius 3 is 2.43 bits per heavy atom. The minimum absolute atomic E-state index is 0.00216. The number of rotatable bonds is 6. The standard InChI is InChI=1S/C21H22FNO.C4H8/c1-5-7-20-18(8-6-9-19(20)16(4)24)15(3)23-13-17-11-10-14(2)12-21(17)22;1-4-2-3-4/h5-12,23H,3,13H2,1-2,4H3;4H,2-3H2,1H3/b7-5-;. The first kappa shape index (κ1) is 21.6. The van der Waals surface area contributed by atoms with Gasteiger partial charge in [0.25, 0.3) is 0 Å². The summed E-state index contributed by atoms with van der Waals surface area (Å²) in [5.41, 5.74) is 4.45. The van der Waals surface area contributed by atoms with E-state index in [9.17, 15) is 9.18 Å². The van der Waals surface area contributed by atoms with Gasteiger partial charge < -0.3 is 5.32 Å². The second-order valence-corrected chi connectivity index (χ2v) is 7.43. The van der Waals surface area contributed by atoms with Crippen molar-refractivity contribution in [3.63, 3.8) is 0 Å². The molecule has 0 amide bonds. The number of halogens is 1. The fraction of sp³-hybridized carbons (Fsp3) is 0.320. The van der Waals surface area contributed by atoms with Crippen molar-refractivity contribution in [2.45, 2.75) is 47.1 Å². The monoisotopic (exact) mass is 379 g/mol. The van der Waals surface area contributed by atoms with Gasteiger partial charge in [-0.2, -0.15) is 0 Å². The maximum Gasteiger partial charge on any atom is 0.160 e. The molecule has 0 aromatic heterocycles. The van der Waals surface area contributed by atoms with Crippen molar-refractivity contribution in [2.75, 3.05) is 0 Å². The molecule has 0 unspecified atom stereocenters. The Kier molecular flexibility index (Phi) is 7.74. The van der Waals surface area contributed by atoms with E-state index in [1.807, 2.05) is 44.2 Å². The van der Waals surface area contributed by atoms with Crippen LogP contribution in [0.5, 0.6) is 0 Å². The van der Waals surface area contributed by atoms with Gasteiger partial charge in [-0.05, 0) is 43.9 Å². The van der Waals surface area contributed by atoms with E-state index in [2.05, 4.69) is 18.8 Å². The molecular weight excluding hydrogens is 349 g/mol. The molecule has 0 heterocycles. The van der Waals surface area contributed by atoms with E-state index in [4.69, 9.17) is 0 Å². The molecule has 2 nitrogen and oxygen atoms in total. The quantitative estimate of drug-likeness (QED) is 0.577. The molecule has 0 atom stereocenters. The molecular formula is C25H30FNO. The molecule has 0 aliphatic heterocycles. The van der Waals surface area contributed by atoms with E-state index in [0.717, 1.165) is 22.6 Å². The predicted molar refractivity (Wildman–Crippen MR) is 117 cm³/mol. The van der Waals surface area contributed by atoms with E-state index >= 15 is 0 Å². The molecule has 3 rings (SSSR count). The highest BCUT2D eigenvalue weighted by Gasteiger charge is 2.13. The minimum Gasteiger partial charge on any atom is -0.381 e. The first-order chi connectivity index (χ1) is 13.3. The highest BCUT2D eigenvalue weighted by atomic mass is 19.1. The summed E-state index contributed by atoms with van der Waals surface area (Å²) in [5, 5.41) is 3.16. The Labute approximate surface area is 168 Å². The van der Waals surface area contributed by atoms with Crippen LogP contribution in [0.15, 0.2) is 49.1 Å². The lowest BCUT2D eigenvalue weighted by Crippen LogP contribution is -2.14. The first-order valence-electron chi connectivity index (χ1n) is 9.78. The van der Waals surface area contributed by atoms with E-state index in [1.54, 1.807) is 19.1 Å². The Bertz CT molecular complexity index is 878. The highest BCUT2D eigenvalue weighted by molar-refractivity contribution is 5.99. The summed E-state index contributed by atoms with van der Waals surface area (Å²) < 4.78 is 13.9. The zero-order valence-electron chi connectivity index (χ0n) is 17.3. The Morgan fingerprint density at radius 2 is 1.89 bits per heavy atom. The fourth-order valence-corrected chi connectivity index (χ4v) is 2.74. The Morgan fingerprint density at radius 1 is 1.25 bits per heavy atom. The second kappa shape index (κ2) is 10.0. The van der Waals surface area contributed by atoms with Gasteiger partial charge >= 0.3 is 0 Å². The zero-order chi connectivity index (χ0) is 20.7. The number of hydrogen-bond acceptors (Lipinski definition) is 2. The van der Waals surface area contributed by atoms with Gasteiger partial charge in [-0.3, -0.25) is 4.79 Å². The number of allylic oxidation sites excluding steroid dienone is 1. The number of hydrogen-bond donors (Lipinski definition) is 1. The van der Waals surface area contributed by atoms with Crippen molar-refractivity contribution in [3.05, 3.63) is 82.7 Å². The molecule has 0 radical (unpaired) electrons. The lowest BCUT2D eigenvalue weighted by molar-refractivity contribution is 0.101. The van der Waals surface area contributed by atoms with E-state index in [1.165, 1.54) is 18.9 Å². The third-order valence-corrected chi connectivity index (χ3v) is 4.71. The van der Waals surface area contributed by atoms with Gasteiger partial charge in [0.15, 0.2) is 5.78 Å². The number of ketones is 1. The van der Waals surface area contributed by atoms with Crippen LogP contribution < -0.4 is 5.32 Å². The fourth-order valence-electron chi connectivity index (χ4n) is 2.74. The van der Waals surface area contributed by atoms with Crippen LogP contribution in [0.2, 0.25) is 0 Å². The SMILES string of the molecule is C=C(NCc1ccc(C)cc1F)c1cccc(C(C)=O)c1/C=C\C.CC1CC1. The number of Topliss-reactive ketones (excluding diaryl/α,β-unsaturated/α-hetero) is 1. The minimum atomic E-state index is -0.235. The zero-order valence-corrected chi connectivity index (χ0v) is 17.3. The van der Waals surface area contributed by atoms with Crippen molar-refractivity contribution in [2.24, 2.45) is 5.92 Å². The third kappa shape index (κ3) is 6.19. The van der Waals surface area contributed by atoms with E-state index in [0.29, 0.717) is 23.4 Å². The smallest absolute Gasteiger partial charge is 0.160 e. The van der Waals surface area contributed by atoms with Gasteiger partial charge in [0.1, 0.15) is 5.82 Å². The normalized spacial score (nSPS) is 13.0. The van der Waals surface area contributed by atoms with Crippen molar-refractivity contribution < 1.29 is 9.18 Å². The summed E-state index contributed by atoms with van der Waals surface area (Å²) in [5.74, 6) is 0.851. The molecule has 0 bridgehead atoms. The number of nitrogens with one attached hydrogen (secondary N) is 1. The van der Waals surface area contributed by atoms with Crippen molar-refractivity contribution in [1.29, 1.82) is 0 Å². The van der Waals surface area contributed by atoms with Gasteiger partial charge in [-0.25, -0.2) is 4.39 Å². The van der Waals surface area contributed by atoms with Crippen LogP contribution in [0, 0.1) is 18.7 Å². The van der Waals surface area contributed by atoms with Gasteiger partial charge in [0, 0.05) is 28.9 Å². The summed E-state index contributed by atoms with van der Waals surface area (Å²) in [6.07, 6.45) is 6.75. The Hall–Kier alpha value is -2.68. The molecule has 148 valence electrons. The summed E-state index contributed by atoms with van der Waals surface area (Å²) in [6, 6.07) is 10.7. The lowest BCUT2D eigenvalue weighted by Gasteiger charge is -2.15. The number of benzene rings is 2. The molecule has 0 spiro atoms. The van der Waals surface area contributed by atoms with Crippen molar-refractivity contribution >= 4 is 17.6 Å². The summed E-state index contributed by atoms with van der Waals surface area (Å²) in [7, 11) is 0. The van der Waals surface area contributed by atoms with Crippen LogP contribution in [0.25, 0.3) is 11.8 Å². The molecule has 2 aromatic rings. The van der Waals surface area contributed by atoms with Crippen LogP contribution in [0.4, 0.5) is 4.39 Å². The molecule has 1 aliphatic carbocycles. The summed E-state index contributed by atoms with van der Waals surface area (Å²) in [6.45, 7) is 12.0. The van der Waals surface area contributed by atoms with Gasteiger partial charge in [-0.15, -0.1) is 0 Å². The average Bonchev–Trinajstić information content (AvgIpc) is 3.43. The third-order valence-electron chi connectivity index (χ3n) is 4.71. The molecule has 1 saturated carbocycles. The van der Waals surface area contributed by atoms with Crippen LogP contribution in [0.3, 0.4) is 0 Å². The lowest BCUT2D eigenvalue weighted by atomic mass is 9.96. The van der Waals surface area contributed by atoms with Crippen LogP contribution in [0.1, 0.15) is 66.2 Å². The summed E-state index contributed by atoms with van der Waals surface area (Å²) in [4.78, 5) is 11.8. The largest absolute Gasteiger partial charge is 0.381 e. The maximum atomic E-state index is 13.9. The van der Waals surface area contributed by atoms with Crippen LogP contribution >= 0.6 is 0 Å². The topological polar surface area (TPSA) is 29.1 Å². The van der Waals surface area contributed by atoms with Crippen LogP contribution in [-0.4, -0.2) is 5.78 Å². The number of aryl methyl sites for hydroxylation is 1. The molecule has 1 N–H and O–H groups in total. The van der Waals surface area contributed by atoms with Crippen LogP contribution in [-0.2, 0) is 6.54 Å². The molecule has 3 heteroatoms. The Balaban J connectivity index is 0.000000620. The second-order valence-electron chi connectivity index (χ2n) is 7.43. The van der Waals surface area contributed by atoms with Gasteiger partial charge in [-0.1, -0.05) is 68.8 Å². The molecule has 1 aliphatic rings. The molecule has 1 fully saturated rings.